The summed E-state index contributed by atoms with van der Waals surface area (Å²) >= 11 is 0. The zero-order valence-electron chi connectivity index (χ0n) is 9.10. The molecule has 0 spiro atoms. The second kappa shape index (κ2) is 4.65. The molecule has 2 heterocycles. The first-order valence-electron chi connectivity index (χ1n) is 5.18. The van der Waals surface area contributed by atoms with Crippen LogP contribution in [-0.2, 0) is 4.79 Å². The Labute approximate surface area is 93.5 Å². The Morgan fingerprint density at radius 3 is 3.19 bits per heavy atom. The molecule has 0 saturated heterocycles. The summed E-state index contributed by atoms with van der Waals surface area (Å²) in [6.07, 6.45) is 4.10. The van der Waals surface area contributed by atoms with E-state index < -0.39 is 0 Å². The monoisotopic (exact) mass is 218 g/mol. The minimum Gasteiger partial charge on any atom is -0.371 e. The number of aromatic nitrogens is 2. The van der Waals surface area contributed by atoms with Crippen LogP contribution >= 0.6 is 0 Å². The molecule has 84 valence electrons. The van der Waals surface area contributed by atoms with Gasteiger partial charge in [0.05, 0.1) is 0 Å². The molecule has 0 aliphatic carbocycles. The Kier molecular flexibility index (Phi) is 3.05. The fraction of sp³-hybridized carbons (Fsp3) is 0.273. The third kappa shape index (κ3) is 2.13. The number of anilines is 1. The number of carbonyl (C=O) groups is 1. The Hall–Kier alpha value is -2.04. The van der Waals surface area contributed by atoms with Crippen molar-refractivity contribution in [1.29, 1.82) is 0 Å². The van der Waals surface area contributed by atoms with Crippen molar-refractivity contribution < 1.29 is 4.79 Å². The maximum atomic E-state index is 11.0. The average molecular weight is 218 g/mol. The number of hydrogen-bond acceptors (Lipinski definition) is 3. The molecule has 0 aliphatic rings. The highest BCUT2D eigenvalue weighted by molar-refractivity contribution is 5.76. The Morgan fingerprint density at radius 1 is 1.50 bits per heavy atom. The molecule has 2 aromatic heterocycles. The van der Waals surface area contributed by atoms with E-state index in [4.69, 9.17) is 0 Å². The van der Waals surface area contributed by atoms with Crippen LogP contribution in [-0.4, -0.2) is 28.9 Å². The lowest BCUT2D eigenvalue weighted by molar-refractivity contribution is -0.120. The molecule has 0 aliphatic heterocycles. The SMILES string of the molecule is CNC(=O)CCNc1cccc2nccn12. The van der Waals surface area contributed by atoms with Crippen LogP contribution in [0.25, 0.3) is 5.65 Å². The van der Waals surface area contributed by atoms with Gasteiger partial charge in [-0.25, -0.2) is 4.98 Å². The first-order valence-corrected chi connectivity index (χ1v) is 5.18. The van der Waals surface area contributed by atoms with Gasteiger partial charge in [0.15, 0.2) is 0 Å². The number of rotatable bonds is 4. The van der Waals surface area contributed by atoms with Crippen LogP contribution in [0.4, 0.5) is 5.82 Å². The van der Waals surface area contributed by atoms with Gasteiger partial charge in [0, 0.05) is 32.4 Å². The summed E-state index contributed by atoms with van der Waals surface area (Å²) in [6.45, 7) is 0.608. The molecule has 0 aromatic carbocycles. The topological polar surface area (TPSA) is 58.4 Å². The van der Waals surface area contributed by atoms with Crippen LogP contribution in [0.15, 0.2) is 30.6 Å². The van der Waals surface area contributed by atoms with Crippen molar-refractivity contribution in [3.63, 3.8) is 0 Å². The van der Waals surface area contributed by atoms with E-state index in [9.17, 15) is 4.79 Å². The summed E-state index contributed by atoms with van der Waals surface area (Å²) in [5.41, 5.74) is 0.893. The number of hydrogen-bond donors (Lipinski definition) is 2. The summed E-state index contributed by atoms with van der Waals surface area (Å²) in [5.74, 6) is 0.976. The van der Waals surface area contributed by atoms with Gasteiger partial charge in [0.1, 0.15) is 11.5 Å². The van der Waals surface area contributed by atoms with E-state index in [0.717, 1.165) is 11.5 Å². The molecule has 0 bridgehead atoms. The summed E-state index contributed by atoms with van der Waals surface area (Å²) in [6, 6.07) is 5.83. The Morgan fingerprint density at radius 2 is 2.38 bits per heavy atom. The van der Waals surface area contributed by atoms with Gasteiger partial charge in [-0.05, 0) is 12.1 Å². The third-order valence-electron chi connectivity index (χ3n) is 2.37. The maximum absolute atomic E-state index is 11.0. The van der Waals surface area contributed by atoms with E-state index in [-0.39, 0.29) is 5.91 Å². The van der Waals surface area contributed by atoms with Gasteiger partial charge in [0.25, 0.3) is 0 Å². The molecule has 16 heavy (non-hydrogen) atoms. The van der Waals surface area contributed by atoms with Crippen LogP contribution in [0.1, 0.15) is 6.42 Å². The summed E-state index contributed by atoms with van der Waals surface area (Å²) in [7, 11) is 1.64. The number of imidazole rings is 1. The van der Waals surface area contributed by atoms with Gasteiger partial charge < -0.3 is 10.6 Å². The van der Waals surface area contributed by atoms with E-state index >= 15 is 0 Å². The molecule has 0 saturated carbocycles. The summed E-state index contributed by atoms with van der Waals surface area (Å²) < 4.78 is 1.95. The standard InChI is InChI=1S/C11H14N4O/c1-12-11(16)5-6-13-9-3-2-4-10-14-7-8-15(9)10/h2-4,7-8,13H,5-6H2,1H3,(H,12,16). The van der Waals surface area contributed by atoms with Crippen molar-refractivity contribution >= 4 is 17.4 Å². The quantitative estimate of drug-likeness (QED) is 0.801. The van der Waals surface area contributed by atoms with Gasteiger partial charge in [0.2, 0.25) is 5.91 Å². The fourth-order valence-electron chi connectivity index (χ4n) is 1.52. The van der Waals surface area contributed by atoms with Crippen molar-refractivity contribution in [3.8, 4) is 0 Å². The number of nitrogens with one attached hydrogen (secondary N) is 2. The molecule has 1 amide bonds. The average Bonchev–Trinajstić information content (AvgIpc) is 2.77. The van der Waals surface area contributed by atoms with E-state index in [2.05, 4.69) is 15.6 Å². The molecule has 0 atom stereocenters. The number of pyridine rings is 1. The largest absolute Gasteiger partial charge is 0.371 e. The van der Waals surface area contributed by atoms with Crippen molar-refractivity contribution in [1.82, 2.24) is 14.7 Å². The normalized spacial score (nSPS) is 10.3. The molecule has 0 radical (unpaired) electrons. The predicted octanol–water partition coefficient (Wildman–Crippen LogP) is 0.882. The highest BCUT2D eigenvalue weighted by atomic mass is 16.1. The van der Waals surface area contributed by atoms with Crippen molar-refractivity contribution in [2.75, 3.05) is 18.9 Å². The molecule has 5 heteroatoms. The minimum absolute atomic E-state index is 0.0327. The lowest BCUT2D eigenvalue weighted by atomic mass is 10.4. The van der Waals surface area contributed by atoms with Crippen LogP contribution < -0.4 is 10.6 Å². The highest BCUT2D eigenvalue weighted by Gasteiger charge is 2.01. The summed E-state index contributed by atoms with van der Waals surface area (Å²) in [5, 5.41) is 5.79. The molecule has 0 fully saturated rings. The van der Waals surface area contributed by atoms with Crippen LogP contribution in [0.5, 0.6) is 0 Å². The van der Waals surface area contributed by atoms with Gasteiger partial charge >= 0.3 is 0 Å². The Balaban J connectivity index is 2.04. The van der Waals surface area contributed by atoms with Crippen LogP contribution in [0, 0.1) is 0 Å². The number of nitrogens with zero attached hydrogens (tertiary/aromatic N) is 2. The minimum atomic E-state index is 0.0327. The third-order valence-corrected chi connectivity index (χ3v) is 2.37. The van der Waals surface area contributed by atoms with Crippen molar-refractivity contribution in [2.24, 2.45) is 0 Å². The smallest absolute Gasteiger partial charge is 0.221 e. The number of fused-ring (bicyclic) bond motifs is 1. The first kappa shape index (κ1) is 10.5. The van der Waals surface area contributed by atoms with Crippen LogP contribution in [0.3, 0.4) is 0 Å². The lowest BCUT2D eigenvalue weighted by Crippen LogP contribution is -2.21. The molecular formula is C11H14N4O. The Bertz CT molecular complexity index is 491. The summed E-state index contributed by atoms with van der Waals surface area (Å²) in [4.78, 5) is 15.2. The second-order valence-electron chi connectivity index (χ2n) is 3.42. The predicted molar refractivity (Wildman–Crippen MR) is 62.4 cm³/mol. The van der Waals surface area contributed by atoms with E-state index in [0.29, 0.717) is 13.0 Å². The first-order chi connectivity index (χ1) is 7.81. The van der Waals surface area contributed by atoms with E-state index in [1.54, 1.807) is 13.2 Å². The second-order valence-corrected chi connectivity index (χ2v) is 3.42. The molecule has 0 unspecified atom stereocenters. The lowest BCUT2D eigenvalue weighted by Gasteiger charge is -2.07. The van der Waals surface area contributed by atoms with Gasteiger partial charge in [-0.15, -0.1) is 0 Å². The fourth-order valence-corrected chi connectivity index (χ4v) is 1.52. The zero-order valence-corrected chi connectivity index (χ0v) is 9.10. The number of amides is 1. The van der Waals surface area contributed by atoms with Gasteiger partial charge in [-0.2, -0.15) is 0 Å². The molecule has 2 rings (SSSR count). The number of carbonyl (C=O) groups excluding carboxylic acids is 1. The van der Waals surface area contributed by atoms with Crippen molar-refractivity contribution in [2.45, 2.75) is 6.42 Å². The van der Waals surface area contributed by atoms with Crippen LogP contribution in [0.2, 0.25) is 0 Å². The maximum Gasteiger partial charge on any atom is 0.221 e. The molecular weight excluding hydrogens is 204 g/mol. The van der Waals surface area contributed by atoms with Gasteiger partial charge in [-0.3, -0.25) is 9.20 Å². The molecule has 2 N–H and O–H groups in total. The molecule has 5 nitrogen and oxygen atoms in total. The van der Waals surface area contributed by atoms with Crippen molar-refractivity contribution in [3.05, 3.63) is 30.6 Å². The van der Waals surface area contributed by atoms with E-state index in [1.807, 2.05) is 28.8 Å². The molecule has 2 aromatic rings. The van der Waals surface area contributed by atoms with Gasteiger partial charge in [-0.1, -0.05) is 6.07 Å². The zero-order chi connectivity index (χ0) is 11.4. The highest BCUT2D eigenvalue weighted by Crippen LogP contribution is 2.10. The van der Waals surface area contributed by atoms with E-state index in [1.165, 1.54) is 0 Å².